The smallest absolute Gasteiger partial charge is 0.248 e. The minimum absolute atomic E-state index is 0.111. The molecule has 2 aromatic carbocycles. The number of hydrogen-bond acceptors (Lipinski definition) is 5. The molecule has 1 fully saturated rings. The minimum Gasteiger partial charge on any atom is -0.495 e. The van der Waals surface area contributed by atoms with Crippen LogP contribution in [0.5, 0.6) is 5.75 Å². The molecule has 0 unspecified atom stereocenters. The molecule has 3 aromatic rings. The molecule has 184 valence electrons. The number of sulfonamides is 1. The SMILES string of the molecule is COc1ccc(/C=C/C(=O)Nc2c(C)nn(-c3ccccc3)c2C)cc1S(=O)(=O)N1CCCCC1. The minimum atomic E-state index is -3.69. The second-order valence-corrected chi connectivity index (χ2v) is 10.4. The fourth-order valence-electron chi connectivity index (χ4n) is 4.22. The number of hydrogen-bond donors (Lipinski definition) is 1. The maximum atomic E-state index is 13.2. The monoisotopic (exact) mass is 494 g/mol. The largest absolute Gasteiger partial charge is 0.495 e. The molecule has 8 nitrogen and oxygen atoms in total. The first-order valence-corrected chi connectivity index (χ1v) is 13.0. The fraction of sp³-hybridized carbons (Fsp3) is 0.308. The number of benzene rings is 2. The lowest BCUT2D eigenvalue weighted by Gasteiger charge is -2.26. The van der Waals surface area contributed by atoms with Crippen molar-refractivity contribution in [2.24, 2.45) is 0 Å². The van der Waals surface area contributed by atoms with Crippen molar-refractivity contribution in [2.45, 2.75) is 38.0 Å². The van der Waals surface area contributed by atoms with Gasteiger partial charge in [-0.05, 0) is 62.6 Å². The number of ether oxygens (including phenoxy) is 1. The molecule has 1 aliphatic rings. The fourth-order valence-corrected chi connectivity index (χ4v) is 5.93. The second kappa shape index (κ2) is 10.5. The van der Waals surface area contributed by atoms with E-state index < -0.39 is 10.0 Å². The number of aromatic nitrogens is 2. The Hall–Kier alpha value is -3.43. The van der Waals surface area contributed by atoms with Crippen molar-refractivity contribution in [2.75, 3.05) is 25.5 Å². The van der Waals surface area contributed by atoms with E-state index in [1.165, 1.54) is 17.5 Å². The Kier molecular flexibility index (Phi) is 7.37. The van der Waals surface area contributed by atoms with Gasteiger partial charge in [-0.25, -0.2) is 13.1 Å². The number of amides is 1. The molecule has 0 spiro atoms. The molecule has 0 aliphatic carbocycles. The Labute approximate surface area is 206 Å². The first-order valence-electron chi connectivity index (χ1n) is 11.6. The standard InChI is InChI=1S/C26H30N4O4S/c1-19-26(20(2)30(28-19)22-10-6-4-7-11-22)27-25(31)15-13-21-12-14-23(34-3)24(18-21)35(32,33)29-16-8-5-9-17-29/h4,6-7,10-15,18H,5,8-9,16-17H2,1-3H3,(H,27,31)/b15-13+. The van der Waals surface area contributed by atoms with E-state index in [0.29, 0.717) is 30.0 Å². The van der Waals surface area contributed by atoms with E-state index in [2.05, 4.69) is 10.4 Å². The summed E-state index contributed by atoms with van der Waals surface area (Å²) in [7, 11) is -2.23. The molecular weight excluding hydrogens is 464 g/mol. The van der Waals surface area contributed by atoms with E-state index in [4.69, 9.17) is 4.74 Å². The van der Waals surface area contributed by atoms with Crippen LogP contribution in [0, 0.1) is 13.8 Å². The van der Waals surface area contributed by atoms with Crippen molar-refractivity contribution in [3.63, 3.8) is 0 Å². The van der Waals surface area contributed by atoms with Crippen LogP contribution >= 0.6 is 0 Å². The highest BCUT2D eigenvalue weighted by molar-refractivity contribution is 7.89. The van der Waals surface area contributed by atoms with E-state index in [9.17, 15) is 13.2 Å². The molecule has 0 atom stereocenters. The number of carbonyl (C=O) groups excluding carboxylic acids is 1. The van der Waals surface area contributed by atoms with Crippen molar-refractivity contribution in [3.05, 3.63) is 71.6 Å². The lowest BCUT2D eigenvalue weighted by molar-refractivity contribution is -0.111. The lowest BCUT2D eigenvalue weighted by Crippen LogP contribution is -2.35. The highest BCUT2D eigenvalue weighted by atomic mass is 32.2. The molecule has 0 radical (unpaired) electrons. The Morgan fingerprint density at radius 2 is 1.77 bits per heavy atom. The molecule has 1 saturated heterocycles. The molecule has 0 bridgehead atoms. The van der Waals surface area contributed by atoms with Gasteiger partial charge in [-0.15, -0.1) is 0 Å². The molecule has 1 amide bonds. The van der Waals surface area contributed by atoms with Gasteiger partial charge in [0.15, 0.2) is 0 Å². The molecule has 4 rings (SSSR count). The van der Waals surface area contributed by atoms with Gasteiger partial charge in [0.2, 0.25) is 15.9 Å². The number of nitrogens with zero attached hydrogens (tertiary/aromatic N) is 3. The van der Waals surface area contributed by atoms with Crippen LogP contribution in [0.2, 0.25) is 0 Å². The molecular formula is C26H30N4O4S. The Morgan fingerprint density at radius 1 is 1.06 bits per heavy atom. The van der Waals surface area contributed by atoms with E-state index in [1.54, 1.807) is 29.0 Å². The molecule has 1 N–H and O–H groups in total. The van der Waals surface area contributed by atoms with Crippen molar-refractivity contribution in [3.8, 4) is 11.4 Å². The molecule has 2 heterocycles. The zero-order chi connectivity index (χ0) is 25.0. The average Bonchev–Trinajstić information content (AvgIpc) is 3.16. The highest BCUT2D eigenvalue weighted by Crippen LogP contribution is 2.30. The number of rotatable bonds is 7. The Balaban J connectivity index is 1.54. The highest BCUT2D eigenvalue weighted by Gasteiger charge is 2.29. The number of para-hydroxylation sites is 1. The van der Waals surface area contributed by atoms with Crippen LogP contribution in [0.3, 0.4) is 0 Å². The van der Waals surface area contributed by atoms with Gasteiger partial charge in [0.25, 0.3) is 0 Å². The molecule has 0 saturated carbocycles. The predicted molar refractivity (Wildman–Crippen MR) is 136 cm³/mol. The van der Waals surface area contributed by atoms with Crippen molar-refractivity contribution in [1.29, 1.82) is 0 Å². The van der Waals surface area contributed by atoms with Gasteiger partial charge in [0.1, 0.15) is 10.6 Å². The predicted octanol–water partition coefficient (Wildman–Crippen LogP) is 4.32. The first kappa shape index (κ1) is 24.7. The third-order valence-electron chi connectivity index (χ3n) is 6.09. The van der Waals surface area contributed by atoms with Crippen molar-refractivity contribution in [1.82, 2.24) is 14.1 Å². The normalized spacial score (nSPS) is 14.8. The summed E-state index contributed by atoms with van der Waals surface area (Å²) >= 11 is 0. The summed E-state index contributed by atoms with van der Waals surface area (Å²) in [5.41, 5.74) is 3.66. The van der Waals surface area contributed by atoms with Gasteiger partial charge in [-0.2, -0.15) is 9.40 Å². The molecule has 35 heavy (non-hydrogen) atoms. The topological polar surface area (TPSA) is 93.5 Å². The number of carbonyl (C=O) groups is 1. The van der Waals surface area contributed by atoms with E-state index in [1.807, 2.05) is 44.2 Å². The number of piperidine rings is 1. The van der Waals surface area contributed by atoms with Crippen LogP contribution in [0.1, 0.15) is 36.2 Å². The van der Waals surface area contributed by atoms with Crippen molar-refractivity contribution >= 4 is 27.7 Å². The van der Waals surface area contributed by atoms with Crippen LogP contribution in [0.4, 0.5) is 5.69 Å². The van der Waals surface area contributed by atoms with Crippen LogP contribution in [-0.2, 0) is 14.8 Å². The third-order valence-corrected chi connectivity index (χ3v) is 8.01. The van der Waals surface area contributed by atoms with Gasteiger partial charge in [-0.3, -0.25) is 4.79 Å². The van der Waals surface area contributed by atoms with Crippen LogP contribution in [0.15, 0.2) is 59.5 Å². The van der Waals surface area contributed by atoms with E-state index >= 15 is 0 Å². The summed E-state index contributed by atoms with van der Waals surface area (Å²) in [5, 5.41) is 7.44. The lowest BCUT2D eigenvalue weighted by atomic mass is 10.2. The zero-order valence-electron chi connectivity index (χ0n) is 20.2. The first-order chi connectivity index (χ1) is 16.8. The quantitative estimate of drug-likeness (QED) is 0.494. The number of methoxy groups -OCH3 is 1. The van der Waals surface area contributed by atoms with Gasteiger partial charge < -0.3 is 10.1 Å². The van der Waals surface area contributed by atoms with Gasteiger partial charge in [0.05, 0.1) is 29.9 Å². The summed E-state index contributed by atoms with van der Waals surface area (Å²) in [6, 6.07) is 14.6. The van der Waals surface area contributed by atoms with Crippen LogP contribution in [0.25, 0.3) is 11.8 Å². The Bertz CT molecular complexity index is 1340. The molecule has 1 aliphatic heterocycles. The van der Waals surface area contributed by atoms with Crippen LogP contribution < -0.4 is 10.1 Å². The maximum absolute atomic E-state index is 13.2. The summed E-state index contributed by atoms with van der Waals surface area (Å²) < 4.78 is 35.1. The van der Waals surface area contributed by atoms with Gasteiger partial charge in [0, 0.05) is 19.2 Å². The summed E-state index contributed by atoms with van der Waals surface area (Å²) in [6.07, 6.45) is 5.71. The molecule has 1 aromatic heterocycles. The Morgan fingerprint density at radius 3 is 2.46 bits per heavy atom. The second-order valence-electron chi connectivity index (χ2n) is 8.49. The van der Waals surface area contributed by atoms with Crippen LogP contribution in [-0.4, -0.2) is 48.6 Å². The van der Waals surface area contributed by atoms with E-state index in [-0.39, 0.29) is 16.6 Å². The summed E-state index contributed by atoms with van der Waals surface area (Å²) in [6.45, 7) is 4.74. The zero-order valence-corrected chi connectivity index (χ0v) is 21.0. The van der Waals surface area contributed by atoms with Gasteiger partial charge in [-0.1, -0.05) is 30.7 Å². The van der Waals surface area contributed by atoms with Crippen molar-refractivity contribution < 1.29 is 17.9 Å². The summed E-state index contributed by atoms with van der Waals surface area (Å²) in [5.74, 6) is -0.0446. The summed E-state index contributed by atoms with van der Waals surface area (Å²) in [4.78, 5) is 12.8. The number of anilines is 1. The number of nitrogens with one attached hydrogen (secondary N) is 1. The third kappa shape index (κ3) is 5.31. The molecule has 9 heteroatoms. The van der Waals surface area contributed by atoms with Gasteiger partial charge >= 0.3 is 0 Å². The maximum Gasteiger partial charge on any atom is 0.248 e. The number of aryl methyl sites for hydroxylation is 1. The van der Waals surface area contributed by atoms with E-state index in [0.717, 1.165) is 30.6 Å². The average molecular weight is 495 g/mol.